The average molecular weight is 397 g/mol. The van der Waals surface area contributed by atoms with Gasteiger partial charge in [0.25, 0.3) is 0 Å². The van der Waals surface area contributed by atoms with Gasteiger partial charge in [-0.3, -0.25) is 9.59 Å². The number of methoxy groups -OCH3 is 1. The van der Waals surface area contributed by atoms with Crippen LogP contribution in [-0.4, -0.2) is 36.9 Å². The van der Waals surface area contributed by atoms with Gasteiger partial charge in [0, 0.05) is 31.6 Å². The van der Waals surface area contributed by atoms with Crippen molar-refractivity contribution in [1.82, 2.24) is 4.90 Å². The van der Waals surface area contributed by atoms with E-state index in [9.17, 15) is 9.59 Å². The number of benzene rings is 2. The normalized spacial score (nSPS) is 11.7. The van der Waals surface area contributed by atoms with Gasteiger partial charge in [-0.15, -0.1) is 0 Å². The van der Waals surface area contributed by atoms with E-state index in [-0.39, 0.29) is 30.7 Å². The number of para-hydroxylation sites is 1. The highest BCUT2D eigenvalue weighted by Crippen LogP contribution is 2.23. The number of likely N-dealkylation sites (N-methyl/N-ethyl adjacent to an activating group) is 1. The number of nitrogens with one attached hydrogen (secondary N) is 1. The molecule has 5 nitrogen and oxygen atoms in total. The number of nitrogens with zero attached hydrogens (tertiary/aromatic N) is 1. The van der Waals surface area contributed by atoms with E-state index in [1.54, 1.807) is 19.1 Å². The van der Waals surface area contributed by atoms with E-state index in [4.69, 9.17) is 4.74 Å². The summed E-state index contributed by atoms with van der Waals surface area (Å²) < 4.78 is 5.39. The SMILES string of the molecule is COc1ccccc1C[C@H](C)N(C)C(=O)CCC(=O)Nc1c(C)cc(C)cc1C. The zero-order valence-electron chi connectivity index (χ0n) is 18.3. The first-order valence-corrected chi connectivity index (χ1v) is 9.98. The smallest absolute Gasteiger partial charge is 0.224 e. The highest BCUT2D eigenvalue weighted by atomic mass is 16.5. The standard InChI is InChI=1S/C24H32N2O3/c1-16-13-17(2)24(18(3)14-16)25-22(27)11-12-23(28)26(5)19(4)15-20-9-7-8-10-21(20)29-6/h7-10,13-14,19H,11-12,15H2,1-6H3,(H,25,27)/t19-/m0/s1. The molecule has 0 spiro atoms. The van der Waals surface area contributed by atoms with Crippen molar-refractivity contribution in [3.63, 3.8) is 0 Å². The maximum Gasteiger partial charge on any atom is 0.224 e. The van der Waals surface area contributed by atoms with Gasteiger partial charge in [0.05, 0.1) is 7.11 Å². The van der Waals surface area contributed by atoms with Crippen molar-refractivity contribution in [2.24, 2.45) is 0 Å². The molecule has 0 fully saturated rings. The molecule has 0 aliphatic rings. The van der Waals surface area contributed by atoms with Crippen LogP contribution >= 0.6 is 0 Å². The third-order valence-electron chi connectivity index (χ3n) is 5.27. The minimum Gasteiger partial charge on any atom is -0.496 e. The second-order valence-corrected chi connectivity index (χ2v) is 7.69. The molecular formula is C24H32N2O3. The number of rotatable bonds is 8. The zero-order valence-corrected chi connectivity index (χ0v) is 18.3. The van der Waals surface area contributed by atoms with Crippen molar-refractivity contribution >= 4 is 17.5 Å². The number of aryl methyl sites for hydroxylation is 3. The van der Waals surface area contributed by atoms with E-state index >= 15 is 0 Å². The molecule has 1 atom stereocenters. The highest BCUT2D eigenvalue weighted by Gasteiger charge is 2.19. The third-order valence-corrected chi connectivity index (χ3v) is 5.27. The molecule has 2 amide bonds. The number of anilines is 1. The summed E-state index contributed by atoms with van der Waals surface area (Å²) in [5.41, 5.74) is 5.13. The maximum atomic E-state index is 12.6. The summed E-state index contributed by atoms with van der Waals surface area (Å²) in [5, 5.41) is 2.96. The molecule has 5 heteroatoms. The lowest BCUT2D eigenvalue weighted by atomic mass is 10.0. The molecule has 0 saturated heterocycles. The summed E-state index contributed by atoms with van der Waals surface area (Å²) in [6, 6.07) is 11.9. The Balaban J connectivity index is 1.90. The lowest BCUT2D eigenvalue weighted by Crippen LogP contribution is -2.36. The maximum absolute atomic E-state index is 12.6. The number of carbonyl (C=O) groups excluding carboxylic acids is 2. The summed E-state index contributed by atoms with van der Waals surface area (Å²) in [7, 11) is 3.43. The molecular weight excluding hydrogens is 364 g/mol. The Hall–Kier alpha value is -2.82. The van der Waals surface area contributed by atoms with E-state index in [2.05, 4.69) is 5.32 Å². The minimum absolute atomic E-state index is 0.00319. The quantitative estimate of drug-likeness (QED) is 0.718. The van der Waals surface area contributed by atoms with Crippen molar-refractivity contribution in [2.75, 3.05) is 19.5 Å². The van der Waals surface area contributed by atoms with Crippen molar-refractivity contribution in [1.29, 1.82) is 0 Å². The van der Waals surface area contributed by atoms with E-state index in [1.807, 2.05) is 64.1 Å². The van der Waals surface area contributed by atoms with Crippen LogP contribution in [0.5, 0.6) is 5.75 Å². The van der Waals surface area contributed by atoms with Crippen LogP contribution in [0.3, 0.4) is 0 Å². The second-order valence-electron chi connectivity index (χ2n) is 7.69. The Bertz CT molecular complexity index is 853. The Kier molecular flexibility index (Phi) is 7.82. The lowest BCUT2D eigenvalue weighted by Gasteiger charge is -2.25. The predicted octanol–water partition coefficient (Wildman–Crippen LogP) is 4.43. The van der Waals surface area contributed by atoms with Crippen molar-refractivity contribution in [3.8, 4) is 5.75 Å². The molecule has 2 aromatic rings. The Labute approximate surface area is 174 Å². The third kappa shape index (κ3) is 6.08. The van der Waals surface area contributed by atoms with E-state index in [0.29, 0.717) is 6.42 Å². The first kappa shape index (κ1) is 22.5. The van der Waals surface area contributed by atoms with Gasteiger partial charge in [0.15, 0.2) is 0 Å². The first-order valence-electron chi connectivity index (χ1n) is 9.98. The van der Waals surface area contributed by atoms with E-state index < -0.39 is 0 Å². The fraction of sp³-hybridized carbons (Fsp3) is 0.417. The number of carbonyl (C=O) groups is 2. The molecule has 29 heavy (non-hydrogen) atoms. The van der Waals surface area contributed by atoms with E-state index in [0.717, 1.165) is 28.1 Å². The first-order chi connectivity index (χ1) is 13.7. The number of hydrogen-bond donors (Lipinski definition) is 1. The fourth-order valence-corrected chi connectivity index (χ4v) is 3.55. The molecule has 0 aliphatic carbocycles. The van der Waals surface area contributed by atoms with Crippen LogP contribution < -0.4 is 10.1 Å². The molecule has 0 saturated carbocycles. The Morgan fingerprint density at radius 1 is 1.07 bits per heavy atom. The lowest BCUT2D eigenvalue weighted by molar-refractivity contribution is -0.133. The van der Waals surface area contributed by atoms with Gasteiger partial charge >= 0.3 is 0 Å². The molecule has 0 aliphatic heterocycles. The molecule has 0 unspecified atom stereocenters. The van der Waals surface area contributed by atoms with Gasteiger partial charge in [-0.2, -0.15) is 0 Å². The average Bonchev–Trinajstić information content (AvgIpc) is 2.68. The molecule has 0 radical (unpaired) electrons. The monoisotopic (exact) mass is 396 g/mol. The summed E-state index contributed by atoms with van der Waals surface area (Å²) in [5.74, 6) is 0.641. The largest absolute Gasteiger partial charge is 0.496 e. The van der Waals surface area contributed by atoms with Gasteiger partial charge < -0.3 is 15.0 Å². The molecule has 156 valence electrons. The van der Waals surface area contributed by atoms with Gasteiger partial charge in [-0.05, 0) is 56.9 Å². The van der Waals surface area contributed by atoms with Gasteiger partial charge in [0.2, 0.25) is 11.8 Å². The van der Waals surface area contributed by atoms with Crippen LogP contribution in [0.2, 0.25) is 0 Å². The van der Waals surface area contributed by atoms with Crippen LogP contribution in [0.1, 0.15) is 42.0 Å². The van der Waals surface area contributed by atoms with Crippen LogP contribution in [0.25, 0.3) is 0 Å². The van der Waals surface area contributed by atoms with Gasteiger partial charge in [-0.25, -0.2) is 0 Å². The number of amides is 2. The number of hydrogen-bond acceptors (Lipinski definition) is 3. The Morgan fingerprint density at radius 3 is 2.31 bits per heavy atom. The summed E-state index contributed by atoms with van der Waals surface area (Å²) in [6.45, 7) is 8.00. The zero-order chi connectivity index (χ0) is 21.6. The molecule has 1 N–H and O–H groups in total. The van der Waals surface area contributed by atoms with Crippen molar-refractivity contribution in [3.05, 3.63) is 58.7 Å². The second kappa shape index (κ2) is 10.1. The van der Waals surface area contributed by atoms with Gasteiger partial charge in [-0.1, -0.05) is 35.9 Å². The summed E-state index contributed by atoms with van der Waals surface area (Å²) in [4.78, 5) is 26.7. The van der Waals surface area contributed by atoms with Crippen LogP contribution in [-0.2, 0) is 16.0 Å². The van der Waals surface area contributed by atoms with E-state index in [1.165, 1.54) is 5.56 Å². The summed E-state index contributed by atoms with van der Waals surface area (Å²) in [6.07, 6.45) is 1.04. The summed E-state index contributed by atoms with van der Waals surface area (Å²) >= 11 is 0. The topological polar surface area (TPSA) is 58.6 Å². The van der Waals surface area contributed by atoms with Gasteiger partial charge in [0.1, 0.15) is 5.75 Å². The highest BCUT2D eigenvalue weighted by molar-refractivity contribution is 5.94. The minimum atomic E-state index is -0.140. The molecule has 2 aromatic carbocycles. The van der Waals surface area contributed by atoms with Crippen molar-refractivity contribution < 1.29 is 14.3 Å². The molecule has 0 heterocycles. The van der Waals surface area contributed by atoms with Crippen LogP contribution in [0, 0.1) is 20.8 Å². The molecule has 0 bridgehead atoms. The van der Waals surface area contributed by atoms with Crippen LogP contribution in [0.4, 0.5) is 5.69 Å². The fourth-order valence-electron chi connectivity index (χ4n) is 3.55. The van der Waals surface area contributed by atoms with Crippen LogP contribution in [0.15, 0.2) is 36.4 Å². The predicted molar refractivity (Wildman–Crippen MR) is 117 cm³/mol. The Morgan fingerprint density at radius 2 is 1.69 bits per heavy atom. The molecule has 0 aromatic heterocycles. The van der Waals surface area contributed by atoms with Crippen molar-refractivity contribution in [2.45, 2.75) is 53.0 Å². The molecule has 2 rings (SSSR count). The number of ether oxygens (including phenoxy) is 1.